The van der Waals surface area contributed by atoms with Crippen molar-refractivity contribution in [3.63, 3.8) is 0 Å². The van der Waals surface area contributed by atoms with Gasteiger partial charge in [-0.15, -0.1) is 0 Å². The lowest BCUT2D eigenvalue weighted by Gasteiger charge is -2.36. The van der Waals surface area contributed by atoms with Gasteiger partial charge in [0.05, 0.1) is 12.2 Å². The van der Waals surface area contributed by atoms with Crippen LogP contribution in [-0.2, 0) is 15.1 Å². The molecule has 1 aliphatic rings. The molecule has 1 saturated heterocycles. The van der Waals surface area contributed by atoms with Gasteiger partial charge in [-0.25, -0.2) is 9.18 Å². The summed E-state index contributed by atoms with van der Waals surface area (Å²) in [6, 6.07) is 29.5. The maximum Gasteiger partial charge on any atom is 0.330 e. The first kappa shape index (κ1) is 27.9. The first-order valence-electron chi connectivity index (χ1n) is 12.4. The van der Waals surface area contributed by atoms with Gasteiger partial charge in [-0.2, -0.15) is 0 Å². The number of hydrogen-bond donors (Lipinski definition) is 1. The molecule has 0 spiro atoms. The summed E-state index contributed by atoms with van der Waals surface area (Å²) >= 11 is 4.04. The van der Waals surface area contributed by atoms with Gasteiger partial charge >= 0.3 is 5.69 Å². The van der Waals surface area contributed by atoms with Gasteiger partial charge in [0.2, 0.25) is 0 Å². The molecule has 0 bridgehead atoms. The summed E-state index contributed by atoms with van der Waals surface area (Å²) in [4.78, 5) is 27.2. The SMILES string of the molecule is O=c1[nH]c(=O)n(C2CC(F)C(COC(c3ccccc3)(c3ccccc3)c3ccccc3)O2)cc1C(I)=CI. The Morgan fingerprint density at radius 1 is 0.974 bits per heavy atom. The van der Waals surface area contributed by atoms with E-state index in [1.165, 1.54) is 10.8 Å². The molecule has 0 amide bonds. The number of rotatable bonds is 8. The minimum atomic E-state index is -1.38. The van der Waals surface area contributed by atoms with Crippen LogP contribution < -0.4 is 11.2 Å². The molecular formula is C30H25FI2N2O4. The number of benzene rings is 3. The van der Waals surface area contributed by atoms with E-state index in [9.17, 15) is 9.59 Å². The highest BCUT2D eigenvalue weighted by Crippen LogP contribution is 2.41. The van der Waals surface area contributed by atoms with Gasteiger partial charge in [-0.1, -0.05) is 114 Å². The van der Waals surface area contributed by atoms with Crippen LogP contribution in [0.25, 0.3) is 3.58 Å². The maximum absolute atomic E-state index is 15.4. The highest BCUT2D eigenvalue weighted by molar-refractivity contribution is 14.1. The number of ether oxygens (including phenoxy) is 2. The van der Waals surface area contributed by atoms with Crippen LogP contribution in [-0.4, -0.2) is 28.4 Å². The number of halogens is 3. The molecule has 0 radical (unpaired) electrons. The van der Waals surface area contributed by atoms with Crippen molar-refractivity contribution >= 4 is 48.8 Å². The second-order valence-electron chi connectivity index (χ2n) is 9.14. The van der Waals surface area contributed by atoms with Crippen LogP contribution in [0.4, 0.5) is 4.39 Å². The van der Waals surface area contributed by atoms with Crippen molar-refractivity contribution in [1.82, 2.24) is 9.55 Å². The van der Waals surface area contributed by atoms with E-state index in [4.69, 9.17) is 9.47 Å². The topological polar surface area (TPSA) is 73.3 Å². The van der Waals surface area contributed by atoms with E-state index >= 15 is 4.39 Å². The van der Waals surface area contributed by atoms with Gasteiger partial charge in [0.15, 0.2) is 0 Å². The Hall–Kier alpha value is -2.61. The van der Waals surface area contributed by atoms with E-state index < -0.39 is 35.4 Å². The zero-order valence-corrected chi connectivity index (χ0v) is 25.0. The average Bonchev–Trinajstić information content (AvgIpc) is 3.34. The van der Waals surface area contributed by atoms with E-state index in [-0.39, 0.29) is 13.0 Å². The molecule has 3 atom stereocenters. The zero-order valence-electron chi connectivity index (χ0n) is 20.7. The van der Waals surface area contributed by atoms with Crippen molar-refractivity contribution in [2.45, 2.75) is 30.5 Å². The van der Waals surface area contributed by atoms with Crippen LogP contribution >= 0.6 is 45.2 Å². The molecule has 5 rings (SSSR count). The lowest BCUT2D eigenvalue weighted by molar-refractivity contribution is -0.0868. The Balaban J connectivity index is 1.49. The van der Waals surface area contributed by atoms with E-state index in [0.29, 0.717) is 9.14 Å². The predicted octanol–water partition coefficient (Wildman–Crippen LogP) is 6.34. The molecule has 39 heavy (non-hydrogen) atoms. The second kappa shape index (κ2) is 12.3. The molecule has 2 heterocycles. The van der Waals surface area contributed by atoms with Crippen molar-refractivity contribution < 1.29 is 13.9 Å². The summed E-state index contributed by atoms with van der Waals surface area (Å²) in [5.74, 6) is 0. The first-order chi connectivity index (χ1) is 18.9. The summed E-state index contributed by atoms with van der Waals surface area (Å²) in [6.07, 6.45) is -1.79. The van der Waals surface area contributed by atoms with Crippen LogP contribution in [0.2, 0.25) is 0 Å². The Labute approximate surface area is 252 Å². The summed E-state index contributed by atoms with van der Waals surface area (Å²) in [7, 11) is 0. The fourth-order valence-electron chi connectivity index (χ4n) is 4.91. The highest BCUT2D eigenvalue weighted by atomic mass is 127. The van der Waals surface area contributed by atoms with Crippen molar-refractivity contribution in [1.29, 1.82) is 0 Å². The lowest BCUT2D eigenvalue weighted by atomic mass is 9.80. The van der Waals surface area contributed by atoms with E-state index in [0.717, 1.165) is 16.7 Å². The normalized spacial score (nSPS) is 19.8. The van der Waals surface area contributed by atoms with Crippen molar-refractivity contribution in [3.05, 3.63) is 144 Å². The summed E-state index contributed by atoms with van der Waals surface area (Å²) in [5.41, 5.74) is 0.847. The summed E-state index contributed by atoms with van der Waals surface area (Å²) < 4.78 is 31.9. The standard InChI is InChI=1S/C30H25FI2N2O4/c31-24-16-27(35-18-23(25(33)17-32)28(36)34-29(35)37)39-26(24)19-38-30(20-10-4-1-5-11-20,21-12-6-2-7-13-21)22-14-8-3-9-15-22/h1-15,17-18,24,26-27H,16,19H2,(H,34,36,37). The monoisotopic (exact) mass is 750 g/mol. The van der Waals surface area contributed by atoms with Crippen LogP contribution in [0.5, 0.6) is 0 Å². The van der Waals surface area contributed by atoms with Crippen LogP contribution in [0, 0.1) is 0 Å². The molecule has 0 aliphatic carbocycles. The van der Waals surface area contributed by atoms with Crippen molar-refractivity contribution in [3.8, 4) is 0 Å². The van der Waals surface area contributed by atoms with Gasteiger partial charge in [0.25, 0.3) is 5.56 Å². The number of aromatic amines is 1. The number of hydrogen-bond acceptors (Lipinski definition) is 4. The van der Waals surface area contributed by atoms with E-state index in [1.54, 1.807) is 4.08 Å². The van der Waals surface area contributed by atoms with Gasteiger partial charge < -0.3 is 9.47 Å². The number of H-pyrrole nitrogens is 1. The molecule has 1 aromatic heterocycles. The Kier molecular flexibility index (Phi) is 8.79. The third-order valence-electron chi connectivity index (χ3n) is 6.80. The van der Waals surface area contributed by atoms with Crippen LogP contribution in [0.3, 0.4) is 0 Å². The molecule has 4 aromatic rings. The first-order valence-corrected chi connectivity index (χ1v) is 14.7. The fourth-order valence-corrected chi connectivity index (χ4v) is 5.63. The molecule has 3 aromatic carbocycles. The minimum Gasteiger partial charge on any atom is -0.358 e. The smallest absolute Gasteiger partial charge is 0.330 e. The predicted molar refractivity (Wildman–Crippen MR) is 166 cm³/mol. The van der Waals surface area contributed by atoms with Gasteiger partial charge in [0.1, 0.15) is 24.1 Å². The molecule has 1 N–H and O–H groups in total. The number of nitrogens with one attached hydrogen (secondary N) is 1. The Morgan fingerprint density at radius 2 is 1.49 bits per heavy atom. The van der Waals surface area contributed by atoms with Crippen LogP contribution in [0.15, 0.2) is 111 Å². The highest BCUT2D eigenvalue weighted by Gasteiger charge is 2.42. The maximum atomic E-state index is 15.4. The molecule has 1 fully saturated rings. The summed E-state index contributed by atoms with van der Waals surface area (Å²) in [6.45, 7) is -0.0630. The number of aromatic nitrogens is 2. The molecule has 0 saturated carbocycles. The largest absolute Gasteiger partial charge is 0.358 e. The van der Waals surface area contributed by atoms with E-state index in [1.807, 2.05) is 136 Å². The Morgan fingerprint density at radius 3 is 1.97 bits per heavy atom. The average molecular weight is 750 g/mol. The molecule has 9 heteroatoms. The van der Waals surface area contributed by atoms with Crippen LogP contribution in [0.1, 0.15) is 34.9 Å². The fraction of sp³-hybridized carbons (Fsp3) is 0.200. The van der Waals surface area contributed by atoms with Gasteiger partial charge in [-0.05, 0) is 43.4 Å². The lowest BCUT2D eigenvalue weighted by Crippen LogP contribution is -2.37. The van der Waals surface area contributed by atoms with Gasteiger partial charge in [-0.3, -0.25) is 14.3 Å². The number of alkyl halides is 1. The molecule has 6 nitrogen and oxygen atoms in total. The van der Waals surface area contributed by atoms with Crippen molar-refractivity contribution in [2.24, 2.45) is 0 Å². The third-order valence-corrected chi connectivity index (χ3v) is 9.51. The molecule has 3 unspecified atom stereocenters. The second-order valence-corrected chi connectivity index (χ2v) is 10.9. The van der Waals surface area contributed by atoms with E-state index in [2.05, 4.69) is 4.98 Å². The minimum absolute atomic E-state index is 0.0427. The Bertz CT molecular complexity index is 1460. The van der Waals surface area contributed by atoms with Gasteiger partial charge in [0, 0.05) is 16.2 Å². The summed E-state index contributed by atoms with van der Waals surface area (Å²) in [5, 5.41) is 0. The quantitative estimate of drug-likeness (QED) is 0.169. The third kappa shape index (κ3) is 5.67. The molecule has 1 aliphatic heterocycles. The zero-order chi connectivity index (χ0) is 27.4. The molecule has 200 valence electrons. The van der Waals surface area contributed by atoms with Crippen molar-refractivity contribution in [2.75, 3.05) is 6.61 Å². The number of nitrogens with zero attached hydrogens (tertiary/aromatic N) is 1. The molecular weight excluding hydrogens is 725 g/mol.